The molecule has 6 nitrogen and oxygen atoms in total. The second-order valence-electron chi connectivity index (χ2n) is 7.50. The Morgan fingerprint density at radius 3 is 2.68 bits per heavy atom. The van der Waals surface area contributed by atoms with Crippen LogP contribution in [0.3, 0.4) is 0 Å². The van der Waals surface area contributed by atoms with E-state index >= 15 is 0 Å². The Morgan fingerprint density at radius 2 is 2.03 bits per heavy atom. The monoisotopic (exact) mass is 439 g/mol. The topological polar surface area (TPSA) is 61.4 Å². The highest BCUT2D eigenvalue weighted by molar-refractivity contribution is 5.73. The predicted molar refractivity (Wildman–Crippen MR) is 110 cm³/mol. The van der Waals surface area contributed by atoms with Crippen LogP contribution in [0.1, 0.15) is 38.8 Å². The van der Waals surface area contributed by atoms with Gasteiger partial charge in [-0.1, -0.05) is 13.3 Å². The van der Waals surface area contributed by atoms with E-state index in [4.69, 9.17) is 0 Å². The van der Waals surface area contributed by atoms with Crippen LogP contribution in [0.25, 0.3) is 0 Å². The third kappa shape index (κ3) is 5.62. The van der Waals surface area contributed by atoms with Crippen LogP contribution in [0.5, 0.6) is 0 Å². The fraction of sp³-hybridized carbons (Fsp3) is 0.476. The second kappa shape index (κ2) is 9.93. The summed E-state index contributed by atoms with van der Waals surface area (Å²) in [5.74, 6) is -2.33. The molecule has 0 saturated carbocycles. The number of aromatic nitrogens is 2. The maximum Gasteiger partial charge on any atom is 0.321 e. The molecule has 1 amide bonds. The number of carbonyl (C=O) groups is 1. The first-order chi connectivity index (χ1) is 14.8. The molecule has 1 N–H and O–H groups in total. The van der Waals surface area contributed by atoms with Gasteiger partial charge in [-0.05, 0) is 31.4 Å². The number of carbonyl (C=O) groups excluding carboxylic acids is 1. The van der Waals surface area contributed by atoms with Gasteiger partial charge in [-0.25, -0.2) is 13.8 Å². The van der Waals surface area contributed by atoms with Gasteiger partial charge in [-0.2, -0.15) is 13.8 Å². The largest absolute Gasteiger partial charge is 0.354 e. The Morgan fingerprint density at radius 1 is 1.26 bits per heavy atom. The van der Waals surface area contributed by atoms with Gasteiger partial charge in [0.25, 0.3) is 0 Å². The van der Waals surface area contributed by atoms with E-state index in [1.165, 1.54) is 6.92 Å². The molecule has 1 atom stereocenters. The molecule has 1 aromatic heterocycles. The lowest BCUT2D eigenvalue weighted by Gasteiger charge is -2.34. The van der Waals surface area contributed by atoms with Crippen molar-refractivity contribution in [1.29, 1.82) is 0 Å². The average Bonchev–Trinajstić information content (AvgIpc) is 2.70. The first-order valence-electron chi connectivity index (χ1n) is 10.2. The molecule has 168 valence electrons. The van der Waals surface area contributed by atoms with E-state index in [1.807, 2.05) is 11.8 Å². The molecule has 0 aliphatic carbocycles. The summed E-state index contributed by atoms with van der Waals surface area (Å²) >= 11 is 0. The quantitative estimate of drug-likeness (QED) is 0.518. The zero-order valence-electron chi connectivity index (χ0n) is 17.4. The molecule has 31 heavy (non-hydrogen) atoms. The number of piperidine rings is 1. The van der Waals surface area contributed by atoms with Crippen molar-refractivity contribution in [3.63, 3.8) is 0 Å². The summed E-state index contributed by atoms with van der Waals surface area (Å²) in [5.41, 5.74) is 0.320. The van der Waals surface area contributed by atoms with Crippen LogP contribution >= 0.6 is 0 Å². The van der Waals surface area contributed by atoms with Crippen molar-refractivity contribution in [3.8, 4) is 0 Å². The van der Waals surface area contributed by atoms with Crippen molar-refractivity contribution < 1.29 is 22.4 Å². The number of hydrogen-bond donors (Lipinski definition) is 1. The van der Waals surface area contributed by atoms with E-state index in [1.54, 1.807) is 6.07 Å². The number of rotatable bonds is 7. The maximum absolute atomic E-state index is 14.0. The van der Waals surface area contributed by atoms with E-state index in [2.05, 4.69) is 15.3 Å². The summed E-state index contributed by atoms with van der Waals surface area (Å²) < 4.78 is 55.0. The molecule has 10 heteroatoms. The molecule has 0 radical (unpaired) electrons. The third-order valence-electron chi connectivity index (χ3n) is 5.00. The first kappa shape index (κ1) is 22.8. The van der Waals surface area contributed by atoms with Crippen LogP contribution in [-0.2, 0) is 11.2 Å². The standard InChI is InChI=1S/C21H25F4N5O/c1-3-5-14-10-19(29-9-4-6-15(12-29)26-13(2)31)28-21(27-14)30(20(24)25)16-7-8-17(22)18(23)11-16/h7-8,10-11,15,20H,3-6,9,12H2,1-2H3,(H,26,31)/t15-/m1/s1. The van der Waals surface area contributed by atoms with E-state index in [0.29, 0.717) is 42.0 Å². The summed E-state index contributed by atoms with van der Waals surface area (Å²) in [6.07, 6.45) is 2.90. The van der Waals surface area contributed by atoms with Crippen molar-refractivity contribution in [2.75, 3.05) is 22.9 Å². The summed E-state index contributed by atoms with van der Waals surface area (Å²) in [5, 5.41) is 2.88. The van der Waals surface area contributed by atoms with Crippen LogP contribution in [-0.4, -0.2) is 41.6 Å². The second-order valence-corrected chi connectivity index (χ2v) is 7.50. The molecule has 0 bridgehead atoms. The molecule has 2 aromatic rings. The van der Waals surface area contributed by atoms with Gasteiger partial charge in [0, 0.05) is 43.9 Å². The average molecular weight is 439 g/mol. The number of halogens is 4. The molecule has 1 saturated heterocycles. The van der Waals surface area contributed by atoms with Crippen molar-refractivity contribution in [1.82, 2.24) is 15.3 Å². The lowest BCUT2D eigenvalue weighted by Crippen LogP contribution is -2.47. The minimum atomic E-state index is -3.07. The molecule has 2 heterocycles. The van der Waals surface area contributed by atoms with Crippen molar-refractivity contribution in [2.24, 2.45) is 0 Å². The number of anilines is 3. The molecule has 0 spiro atoms. The normalized spacial score (nSPS) is 16.5. The van der Waals surface area contributed by atoms with Crippen molar-refractivity contribution >= 4 is 23.4 Å². The minimum absolute atomic E-state index is 0.0725. The van der Waals surface area contributed by atoms with Gasteiger partial charge in [-0.3, -0.25) is 9.69 Å². The summed E-state index contributed by atoms with van der Waals surface area (Å²) in [6, 6.07) is 4.23. The van der Waals surface area contributed by atoms with Crippen LogP contribution in [0.2, 0.25) is 0 Å². The van der Waals surface area contributed by atoms with Crippen LogP contribution < -0.4 is 15.1 Å². The SMILES string of the molecule is CCCc1cc(N2CCC[C@@H](NC(C)=O)C2)nc(N(c2ccc(F)c(F)c2)C(F)F)n1. The molecule has 3 rings (SSSR count). The van der Waals surface area contributed by atoms with Crippen molar-refractivity contribution in [3.05, 3.63) is 41.6 Å². The molecule has 1 aliphatic heterocycles. The number of nitrogens with one attached hydrogen (secondary N) is 1. The van der Waals surface area contributed by atoms with Gasteiger partial charge >= 0.3 is 6.55 Å². The van der Waals surface area contributed by atoms with E-state index in [9.17, 15) is 22.4 Å². The van der Waals surface area contributed by atoms with Gasteiger partial charge in [0.05, 0.1) is 5.69 Å². The zero-order chi connectivity index (χ0) is 22.5. The highest BCUT2D eigenvalue weighted by atomic mass is 19.3. The lowest BCUT2D eigenvalue weighted by molar-refractivity contribution is -0.119. The summed E-state index contributed by atoms with van der Waals surface area (Å²) in [6.45, 7) is 1.46. The van der Waals surface area contributed by atoms with Crippen molar-refractivity contribution in [2.45, 2.75) is 52.1 Å². The highest BCUT2D eigenvalue weighted by Crippen LogP contribution is 2.30. The number of aryl methyl sites for hydroxylation is 1. The van der Waals surface area contributed by atoms with E-state index in [0.717, 1.165) is 31.4 Å². The van der Waals surface area contributed by atoms with Gasteiger partial charge in [0.2, 0.25) is 11.9 Å². The Kier molecular flexibility index (Phi) is 7.29. The zero-order valence-corrected chi connectivity index (χ0v) is 17.4. The molecular weight excluding hydrogens is 414 g/mol. The molecule has 0 unspecified atom stereocenters. The van der Waals surface area contributed by atoms with Gasteiger partial charge in [0.15, 0.2) is 11.6 Å². The van der Waals surface area contributed by atoms with E-state index < -0.39 is 18.2 Å². The summed E-state index contributed by atoms with van der Waals surface area (Å²) in [7, 11) is 0. The number of benzene rings is 1. The molecule has 1 fully saturated rings. The predicted octanol–water partition coefficient (Wildman–Crippen LogP) is 4.17. The number of amides is 1. The van der Waals surface area contributed by atoms with Crippen LogP contribution in [0.15, 0.2) is 24.3 Å². The van der Waals surface area contributed by atoms with Crippen LogP contribution in [0.4, 0.5) is 35.0 Å². The molecule has 1 aromatic carbocycles. The fourth-order valence-corrected chi connectivity index (χ4v) is 3.66. The molecular formula is C21H25F4N5O. The summed E-state index contributed by atoms with van der Waals surface area (Å²) in [4.78, 5) is 22.4. The number of hydrogen-bond acceptors (Lipinski definition) is 5. The smallest absolute Gasteiger partial charge is 0.321 e. The van der Waals surface area contributed by atoms with E-state index in [-0.39, 0.29) is 23.6 Å². The highest BCUT2D eigenvalue weighted by Gasteiger charge is 2.27. The minimum Gasteiger partial charge on any atom is -0.354 e. The molecule has 1 aliphatic rings. The third-order valence-corrected chi connectivity index (χ3v) is 5.00. The van der Waals surface area contributed by atoms with Crippen LogP contribution in [0, 0.1) is 11.6 Å². The van der Waals surface area contributed by atoms with Gasteiger partial charge < -0.3 is 10.2 Å². The Labute approximate surface area is 178 Å². The number of alkyl halides is 2. The Bertz CT molecular complexity index is 927. The maximum atomic E-state index is 14.0. The Hall–Kier alpha value is -2.91. The lowest BCUT2D eigenvalue weighted by atomic mass is 10.1. The van der Waals surface area contributed by atoms with Gasteiger partial charge in [0.1, 0.15) is 5.82 Å². The first-order valence-corrected chi connectivity index (χ1v) is 10.2. The fourth-order valence-electron chi connectivity index (χ4n) is 3.66. The Balaban J connectivity index is 1.99. The van der Waals surface area contributed by atoms with Gasteiger partial charge in [-0.15, -0.1) is 0 Å². The number of nitrogens with zero attached hydrogens (tertiary/aromatic N) is 4.